The summed E-state index contributed by atoms with van der Waals surface area (Å²) in [7, 11) is 0. The highest BCUT2D eigenvalue weighted by Crippen LogP contribution is 2.25. The van der Waals surface area contributed by atoms with Gasteiger partial charge in [0.05, 0.1) is 11.3 Å². The van der Waals surface area contributed by atoms with Gasteiger partial charge in [-0.05, 0) is 12.1 Å². The van der Waals surface area contributed by atoms with Crippen LogP contribution >= 0.6 is 0 Å². The molecule has 6 nitrogen and oxygen atoms in total. The summed E-state index contributed by atoms with van der Waals surface area (Å²) in [6.45, 7) is 1.20. The Morgan fingerprint density at radius 3 is 2.94 bits per heavy atom. The average Bonchev–Trinajstić information content (AvgIpc) is 2.57. The van der Waals surface area contributed by atoms with Crippen LogP contribution in [-0.2, 0) is 4.79 Å². The summed E-state index contributed by atoms with van der Waals surface area (Å²) in [5, 5.41) is 12.5. The first-order valence-corrected chi connectivity index (χ1v) is 5.73. The fourth-order valence-corrected chi connectivity index (χ4v) is 1.87. The van der Waals surface area contributed by atoms with Crippen molar-refractivity contribution >= 4 is 17.5 Å². The highest BCUT2D eigenvalue weighted by atomic mass is 16.3. The van der Waals surface area contributed by atoms with Crippen LogP contribution in [-0.4, -0.2) is 41.5 Å². The minimum Gasteiger partial charge on any atom is -0.505 e. The number of benzene rings is 1. The molecule has 1 aromatic rings. The minimum atomic E-state index is -0.309. The third kappa shape index (κ3) is 2.37. The van der Waals surface area contributed by atoms with E-state index < -0.39 is 0 Å². The zero-order valence-corrected chi connectivity index (χ0v) is 9.85. The van der Waals surface area contributed by atoms with Crippen LogP contribution in [0.2, 0.25) is 0 Å². The van der Waals surface area contributed by atoms with E-state index in [0.29, 0.717) is 19.6 Å². The lowest BCUT2D eigenvalue weighted by Gasteiger charge is -2.20. The van der Waals surface area contributed by atoms with Crippen LogP contribution in [0.4, 0.5) is 5.69 Å². The second-order valence-electron chi connectivity index (χ2n) is 4.14. The summed E-state index contributed by atoms with van der Waals surface area (Å²) < 4.78 is 0. The maximum atomic E-state index is 12.2. The van der Waals surface area contributed by atoms with Crippen molar-refractivity contribution in [3.05, 3.63) is 23.8 Å². The second-order valence-corrected chi connectivity index (χ2v) is 4.14. The molecule has 0 radical (unpaired) electrons. The largest absolute Gasteiger partial charge is 0.505 e. The molecule has 0 aliphatic carbocycles. The molecule has 0 aromatic heterocycles. The molecule has 2 rings (SSSR count). The molecule has 4 N–H and O–H groups in total. The summed E-state index contributed by atoms with van der Waals surface area (Å²) in [5.41, 5.74) is 5.90. The third-order valence-electron chi connectivity index (χ3n) is 2.90. The lowest BCUT2D eigenvalue weighted by Crippen LogP contribution is -2.34. The Hall–Kier alpha value is -2.24. The number of nitrogens with one attached hydrogen (secondary N) is 1. The van der Waals surface area contributed by atoms with Crippen LogP contribution in [0.15, 0.2) is 18.2 Å². The Morgan fingerprint density at radius 2 is 2.17 bits per heavy atom. The summed E-state index contributed by atoms with van der Waals surface area (Å²) in [4.78, 5) is 24.9. The topological polar surface area (TPSA) is 95.7 Å². The number of hydrogen-bond donors (Lipinski definition) is 3. The number of anilines is 1. The number of carbonyl (C=O) groups excluding carboxylic acids is 2. The molecular weight excluding hydrogens is 234 g/mol. The van der Waals surface area contributed by atoms with Crippen LogP contribution in [0.1, 0.15) is 16.8 Å². The SMILES string of the molecule is Nc1cccc(C(=O)N2CCNC(=O)CC2)c1O. The van der Waals surface area contributed by atoms with E-state index in [1.807, 2.05) is 0 Å². The number of hydrogen-bond acceptors (Lipinski definition) is 4. The Balaban J connectivity index is 2.20. The first kappa shape index (κ1) is 12.2. The van der Waals surface area contributed by atoms with Gasteiger partial charge in [-0.15, -0.1) is 0 Å². The number of phenols is 1. The lowest BCUT2D eigenvalue weighted by atomic mass is 10.1. The molecule has 0 saturated carbocycles. The summed E-state index contributed by atoms with van der Waals surface area (Å²) in [6.07, 6.45) is 0.273. The molecule has 1 saturated heterocycles. The van der Waals surface area contributed by atoms with Gasteiger partial charge < -0.3 is 21.1 Å². The number of amides is 2. The number of para-hydroxylation sites is 1. The zero-order valence-electron chi connectivity index (χ0n) is 9.85. The van der Waals surface area contributed by atoms with Gasteiger partial charge in [0, 0.05) is 26.1 Å². The summed E-state index contributed by atoms with van der Waals surface area (Å²) >= 11 is 0. The van der Waals surface area contributed by atoms with E-state index in [4.69, 9.17) is 5.73 Å². The predicted octanol–water partition coefficient (Wildman–Crippen LogP) is -0.0635. The number of rotatable bonds is 1. The highest BCUT2D eigenvalue weighted by Gasteiger charge is 2.22. The minimum absolute atomic E-state index is 0.0675. The van der Waals surface area contributed by atoms with Gasteiger partial charge in [0.2, 0.25) is 5.91 Å². The van der Waals surface area contributed by atoms with Crippen LogP contribution in [0.5, 0.6) is 5.75 Å². The van der Waals surface area contributed by atoms with E-state index in [9.17, 15) is 14.7 Å². The fraction of sp³-hybridized carbons (Fsp3) is 0.333. The smallest absolute Gasteiger partial charge is 0.257 e. The van der Waals surface area contributed by atoms with Crippen LogP contribution in [0, 0.1) is 0 Å². The van der Waals surface area contributed by atoms with Crippen molar-refractivity contribution in [2.45, 2.75) is 6.42 Å². The molecule has 1 fully saturated rings. The van der Waals surface area contributed by atoms with Crippen molar-refractivity contribution in [2.75, 3.05) is 25.4 Å². The van der Waals surface area contributed by atoms with Crippen molar-refractivity contribution in [3.63, 3.8) is 0 Å². The van der Waals surface area contributed by atoms with E-state index in [1.54, 1.807) is 6.07 Å². The predicted molar refractivity (Wildman–Crippen MR) is 66.0 cm³/mol. The number of aromatic hydroxyl groups is 1. The number of phenolic OH excluding ortho intramolecular Hbond substituents is 1. The van der Waals surface area contributed by atoms with E-state index >= 15 is 0 Å². The van der Waals surface area contributed by atoms with Gasteiger partial charge in [-0.2, -0.15) is 0 Å². The van der Waals surface area contributed by atoms with Gasteiger partial charge in [-0.3, -0.25) is 9.59 Å². The lowest BCUT2D eigenvalue weighted by molar-refractivity contribution is -0.120. The monoisotopic (exact) mass is 249 g/mol. The molecule has 96 valence electrons. The molecule has 6 heteroatoms. The fourth-order valence-electron chi connectivity index (χ4n) is 1.87. The maximum Gasteiger partial charge on any atom is 0.257 e. The van der Waals surface area contributed by atoms with Gasteiger partial charge in [0.1, 0.15) is 0 Å². The molecule has 18 heavy (non-hydrogen) atoms. The molecule has 0 atom stereocenters. The molecule has 1 heterocycles. The number of nitrogens with two attached hydrogens (primary N) is 1. The van der Waals surface area contributed by atoms with E-state index in [2.05, 4.69) is 5.32 Å². The van der Waals surface area contributed by atoms with Crippen molar-refractivity contribution in [1.82, 2.24) is 10.2 Å². The van der Waals surface area contributed by atoms with Crippen molar-refractivity contribution < 1.29 is 14.7 Å². The molecule has 1 aromatic carbocycles. The number of nitrogen functional groups attached to an aromatic ring is 1. The Kier molecular flexibility index (Phi) is 3.36. The van der Waals surface area contributed by atoms with Gasteiger partial charge in [-0.1, -0.05) is 6.07 Å². The Morgan fingerprint density at radius 1 is 1.39 bits per heavy atom. The molecule has 0 bridgehead atoms. The maximum absolute atomic E-state index is 12.2. The summed E-state index contributed by atoms with van der Waals surface area (Å²) in [6, 6.07) is 4.66. The molecule has 0 unspecified atom stereocenters. The molecular formula is C12H15N3O3. The van der Waals surface area contributed by atoms with Crippen molar-refractivity contribution in [2.24, 2.45) is 0 Å². The van der Waals surface area contributed by atoms with Crippen LogP contribution in [0.25, 0.3) is 0 Å². The van der Waals surface area contributed by atoms with E-state index in [0.717, 1.165) is 0 Å². The first-order valence-electron chi connectivity index (χ1n) is 5.73. The molecule has 0 spiro atoms. The second kappa shape index (κ2) is 4.95. The van der Waals surface area contributed by atoms with E-state index in [-0.39, 0.29) is 35.2 Å². The Bertz CT molecular complexity index is 487. The summed E-state index contributed by atoms with van der Waals surface area (Å²) in [5.74, 6) is -0.579. The first-order chi connectivity index (χ1) is 8.59. The Labute approximate surface area is 104 Å². The van der Waals surface area contributed by atoms with Crippen LogP contribution in [0.3, 0.4) is 0 Å². The van der Waals surface area contributed by atoms with Crippen molar-refractivity contribution in [3.8, 4) is 5.75 Å². The van der Waals surface area contributed by atoms with Crippen molar-refractivity contribution in [1.29, 1.82) is 0 Å². The van der Waals surface area contributed by atoms with Gasteiger partial charge in [0.15, 0.2) is 5.75 Å². The third-order valence-corrected chi connectivity index (χ3v) is 2.90. The number of carbonyl (C=O) groups is 2. The standard InChI is InChI=1S/C12H15N3O3/c13-9-3-1-2-8(11(9)17)12(18)15-6-4-10(16)14-5-7-15/h1-3,17H,4-7,13H2,(H,14,16). The molecule has 1 aliphatic heterocycles. The quantitative estimate of drug-likeness (QED) is 0.480. The normalized spacial score (nSPS) is 16.0. The highest BCUT2D eigenvalue weighted by molar-refractivity contribution is 5.98. The molecule has 2 amide bonds. The van der Waals surface area contributed by atoms with Crippen LogP contribution < -0.4 is 11.1 Å². The van der Waals surface area contributed by atoms with Gasteiger partial charge in [-0.25, -0.2) is 0 Å². The average molecular weight is 249 g/mol. The number of nitrogens with zero attached hydrogens (tertiary/aromatic N) is 1. The molecule has 1 aliphatic rings. The van der Waals surface area contributed by atoms with Gasteiger partial charge >= 0.3 is 0 Å². The zero-order chi connectivity index (χ0) is 13.1. The van der Waals surface area contributed by atoms with Gasteiger partial charge in [0.25, 0.3) is 5.91 Å². The van der Waals surface area contributed by atoms with E-state index in [1.165, 1.54) is 17.0 Å².